The number of rotatable bonds is 7. The van der Waals surface area contributed by atoms with Crippen molar-refractivity contribution in [3.05, 3.63) is 29.8 Å². The molecule has 0 aromatic heterocycles. The number of anilines is 1. The molecular formula is C16H22N2O5. The summed E-state index contributed by atoms with van der Waals surface area (Å²) in [4.78, 5) is 26.8. The molecule has 2 rings (SSSR count). The molecule has 0 bridgehead atoms. The average molecular weight is 322 g/mol. The standard InChI is InChI=1S/C16H22N2O5/c1-22-9-6-18(12-15(19)20)16(21)13-2-4-14(5-3-13)17-7-10-23-11-8-17/h2-5H,6-12H2,1H3,(H,19,20). The SMILES string of the molecule is COCCN(CC(=O)O)C(=O)c1ccc(N2CCOCC2)cc1. The topological polar surface area (TPSA) is 79.3 Å². The number of hydrogen-bond donors (Lipinski definition) is 1. The van der Waals surface area contributed by atoms with Crippen molar-refractivity contribution in [2.24, 2.45) is 0 Å². The molecule has 0 spiro atoms. The van der Waals surface area contributed by atoms with E-state index in [1.165, 1.54) is 12.0 Å². The number of carboxylic acid groups (broad SMARTS) is 1. The van der Waals surface area contributed by atoms with Gasteiger partial charge in [0.2, 0.25) is 0 Å². The molecule has 0 atom stereocenters. The first kappa shape index (κ1) is 17.2. The van der Waals surface area contributed by atoms with Crippen LogP contribution in [0, 0.1) is 0 Å². The lowest BCUT2D eigenvalue weighted by atomic mass is 10.1. The maximum Gasteiger partial charge on any atom is 0.323 e. The molecule has 1 fully saturated rings. The van der Waals surface area contributed by atoms with Gasteiger partial charge in [-0.3, -0.25) is 9.59 Å². The number of carbonyl (C=O) groups excluding carboxylic acids is 1. The van der Waals surface area contributed by atoms with Gasteiger partial charge in [-0.15, -0.1) is 0 Å². The predicted octanol–water partition coefficient (Wildman–Crippen LogP) is 0.696. The fourth-order valence-corrected chi connectivity index (χ4v) is 2.44. The number of carbonyl (C=O) groups is 2. The highest BCUT2D eigenvalue weighted by Crippen LogP contribution is 2.17. The number of carboxylic acids is 1. The van der Waals surface area contributed by atoms with Crippen molar-refractivity contribution in [2.75, 3.05) is 58.0 Å². The van der Waals surface area contributed by atoms with Gasteiger partial charge < -0.3 is 24.4 Å². The fourth-order valence-electron chi connectivity index (χ4n) is 2.44. The Kier molecular flexibility index (Phi) is 6.37. The minimum atomic E-state index is -1.04. The highest BCUT2D eigenvalue weighted by molar-refractivity contribution is 5.96. The molecule has 1 aliphatic heterocycles. The van der Waals surface area contributed by atoms with Gasteiger partial charge in [-0.2, -0.15) is 0 Å². The predicted molar refractivity (Wildman–Crippen MR) is 84.9 cm³/mol. The van der Waals surface area contributed by atoms with E-state index >= 15 is 0 Å². The van der Waals surface area contributed by atoms with Crippen LogP contribution in [0.25, 0.3) is 0 Å². The summed E-state index contributed by atoms with van der Waals surface area (Å²) in [5.74, 6) is -1.35. The summed E-state index contributed by atoms with van der Waals surface area (Å²) in [7, 11) is 1.51. The van der Waals surface area contributed by atoms with Crippen molar-refractivity contribution in [2.45, 2.75) is 0 Å². The Bertz CT molecular complexity index is 526. The molecule has 1 heterocycles. The maximum absolute atomic E-state index is 12.4. The van der Waals surface area contributed by atoms with Gasteiger partial charge in [0.05, 0.1) is 19.8 Å². The van der Waals surface area contributed by atoms with Crippen LogP contribution in [0.1, 0.15) is 10.4 Å². The van der Waals surface area contributed by atoms with Crippen LogP contribution >= 0.6 is 0 Å². The zero-order valence-electron chi connectivity index (χ0n) is 13.2. The molecule has 0 saturated carbocycles. The smallest absolute Gasteiger partial charge is 0.323 e. The molecule has 0 unspecified atom stereocenters. The fraction of sp³-hybridized carbons (Fsp3) is 0.500. The highest BCUT2D eigenvalue weighted by atomic mass is 16.5. The third-order valence-corrected chi connectivity index (χ3v) is 3.67. The zero-order valence-corrected chi connectivity index (χ0v) is 13.2. The summed E-state index contributed by atoms with van der Waals surface area (Å²) in [6, 6.07) is 7.23. The summed E-state index contributed by atoms with van der Waals surface area (Å²) in [5, 5.41) is 8.94. The zero-order chi connectivity index (χ0) is 16.7. The van der Waals surface area contributed by atoms with Crippen LogP contribution in [-0.2, 0) is 14.3 Å². The van der Waals surface area contributed by atoms with E-state index in [9.17, 15) is 9.59 Å². The Morgan fingerprint density at radius 2 is 1.91 bits per heavy atom. The molecule has 1 aromatic rings. The summed E-state index contributed by atoms with van der Waals surface area (Å²) < 4.78 is 10.3. The van der Waals surface area contributed by atoms with E-state index in [2.05, 4.69) is 4.90 Å². The second-order valence-corrected chi connectivity index (χ2v) is 5.26. The molecule has 1 N–H and O–H groups in total. The third-order valence-electron chi connectivity index (χ3n) is 3.67. The number of benzene rings is 1. The molecule has 0 radical (unpaired) electrons. The number of morpholine rings is 1. The average Bonchev–Trinajstić information content (AvgIpc) is 2.58. The van der Waals surface area contributed by atoms with Gasteiger partial charge >= 0.3 is 5.97 Å². The van der Waals surface area contributed by atoms with Crippen molar-refractivity contribution in [1.29, 1.82) is 0 Å². The van der Waals surface area contributed by atoms with Crippen molar-refractivity contribution in [3.8, 4) is 0 Å². The van der Waals surface area contributed by atoms with Crippen LogP contribution in [0.3, 0.4) is 0 Å². The number of methoxy groups -OCH3 is 1. The molecule has 7 nitrogen and oxygen atoms in total. The highest BCUT2D eigenvalue weighted by Gasteiger charge is 2.19. The molecule has 7 heteroatoms. The number of amides is 1. The Balaban J connectivity index is 2.05. The first-order valence-electron chi connectivity index (χ1n) is 7.54. The van der Waals surface area contributed by atoms with Gasteiger partial charge in [-0.1, -0.05) is 0 Å². The molecule has 0 aliphatic carbocycles. The lowest BCUT2D eigenvalue weighted by Crippen LogP contribution is -2.38. The van der Waals surface area contributed by atoms with Crippen LogP contribution in [-0.4, -0.2) is 75.0 Å². The summed E-state index contributed by atoms with van der Waals surface area (Å²) in [6.07, 6.45) is 0. The Hall–Kier alpha value is -2.12. The van der Waals surface area contributed by atoms with Gasteiger partial charge in [0, 0.05) is 38.0 Å². The number of hydrogen-bond acceptors (Lipinski definition) is 5. The van der Waals surface area contributed by atoms with Gasteiger partial charge in [0.25, 0.3) is 5.91 Å². The van der Waals surface area contributed by atoms with E-state index in [0.717, 1.165) is 18.8 Å². The lowest BCUT2D eigenvalue weighted by molar-refractivity contribution is -0.137. The molecule has 1 aliphatic rings. The number of ether oxygens (including phenoxy) is 2. The first-order chi connectivity index (χ1) is 11.1. The van der Waals surface area contributed by atoms with E-state index in [0.29, 0.717) is 25.4 Å². The molecular weight excluding hydrogens is 300 g/mol. The quantitative estimate of drug-likeness (QED) is 0.796. The Morgan fingerprint density at radius 1 is 1.26 bits per heavy atom. The molecule has 1 aromatic carbocycles. The van der Waals surface area contributed by atoms with Crippen molar-refractivity contribution in [3.63, 3.8) is 0 Å². The van der Waals surface area contributed by atoms with Crippen molar-refractivity contribution >= 4 is 17.6 Å². The van der Waals surface area contributed by atoms with Crippen LogP contribution in [0.5, 0.6) is 0 Å². The largest absolute Gasteiger partial charge is 0.480 e. The Morgan fingerprint density at radius 3 is 2.48 bits per heavy atom. The van der Waals surface area contributed by atoms with E-state index < -0.39 is 5.97 Å². The molecule has 1 amide bonds. The molecule has 1 saturated heterocycles. The Labute approximate surface area is 135 Å². The van der Waals surface area contributed by atoms with E-state index in [-0.39, 0.29) is 19.0 Å². The van der Waals surface area contributed by atoms with Crippen LogP contribution in [0.15, 0.2) is 24.3 Å². The number of aliphatic carboxylic acids is 1. The maximum atomic E-state index is 12.4. The summed E-state index contributed by atoms with van der Waals surface area (Å²) in [6.45, 7) is 3.25. The van der Waals surface area contributed by atoms with Crippen LogP contribution < -0.4 is 4.90 Å². The van der Waals surface area contributed by atoms with E-state index in [4.69, 9.17) is 14.6 Å². The van der Waals surface area contributed by atoms with Crippen LogP contribution in [0.4, 0.5) is 5.69 Å². The molecule has 126 valence electrons. The monoisotopic (exact) mass is 322 g/mol. The lowest BCUT2D eigenvalue weighted by Gasteiger charge is -2.29. The van der Waals surface area contributed by atoms with Crippen LogP contribution in [0.2, 0.25) is 0 Å². The van der Waals surface area contributed by atoms with Gasteiger partial charge in [0.1, 0.15) is 6.54 Å². The second kappa shape index (κ2) is 8.50. The summed E-state index contributed by atoms with van der Waals surface area (Å²) >= 11 is 0. The minimum Gasteiger partial charge on any atom is -0.480 e. The van der Waals surface area contributed by atoms with Gasteiger partial charge in [-0.25, -0.2) is 0 Å². The van der Waals surface area contributed by atoms with Crippen molar-refractivity contribution in [1.82, 2.24) is 4.90 Å². The normalized spacial score (nSPS) is 14.6. The van der Waals surface area contributed by atoms with Gasteiger partial charge in [0.15, 0.2) is 0 Å². The van der Waals surface area contributed by atoms with Crippen molar-refractivity contribution < 1.29 is 24.2 Å². The van der Waals surface area contributed by atoms with Gasteiger partial charge in [-0.05, 0) is 24.3 Å². The van der Waals surface area contributed by atoms with E-state index in [1.807, 2.05) is 12.1 Å². The third kappa shape index (κ3) is 4.94. The first-order valence-corrected chi connectivity index (χ1v) is 7.54. The van der Waals surface area contributed by atoms with E-state index in [1.54, 1.807) is 12.1 Å². The minimum absolute atomic E-state index is 0.243. The summed E-state index contributed by atoms with van der Waals surface area (Å²) in [5.41, 5.74) is 1.51. The number of nitrogens with zero attached hydrogens (tertiary/aromatic N) is 2. The molecule has 23 heavy (non-hydrogen) atoms. The second-order valence-electron chi connectivity index (χ2n) is 5.26.